The van der Waals surface area contributed by atoms with Crippen LogP contribution in [-0.2, 0) is 16.8 Å². The van der Waals surface area contributed by atoms with Crippen molar-refractivity contribution in [1.82, 2.24) is 20.1 Å². The zero-order valence-corrected chi connectivity index (χ0v) is 17.7. The van der Waals surface area contributed by atoms with Crippen molar-refractivity contribution in [3.05, 3.63) is 22.5 Å². The van der Waals surface area contributed by atoms with Crippen LogP contribution in [-0.4, -0.2) is 27.2 Å². The molecule has 0 saturated heterocycles. The van der Waals surface area contributed by atoms with Crippen LogP contribution in [0.2, 0.25) is 0 Å². The lowest BCUT2D eigenvalue weighted by Crippen LogP contribution is -2.25. The molecule has 144 valence electrons. The van der Waals surface area contributed by atoms with Crippen LogP contribution in [0.25, 0.3) is 11.0 Å². The van der Waals surface area contributed by atoms with Gasteiger partial charge in [-0.1, -0.05) is 13.8 Å². The lowest BCUT2D eigenvalue weighted by Gasteiger charge is -2.20. The van der Waals surface area contributed by atoms with Crippen molar-refractivity contribution in [1.29, 1.82) is 0 Å². The van der Waals surface area contributed by atoms with Gasteiger partial charge >= 0.3 is 0 Å². The molecule has 0 aliphatic carbocycles. The van der Waals surface area contributed by atoms with E-state index in [0.717, 1.165) is 35.4 Å². The first kappa shape index (κ1) is 20.4. The summed E-state index contributed by atoms with van der Waals surface area (Å²) in [6.45, 7) is 17.7. The fourth-order valence-electron chi connectivity index (χ4n) is 3.37. The van der Waals surface area contributed by atoms with Crippen molar-refractivity contribution >= 4 is 16.9 Å². The summed E-state index contributed by atoms with van der Waals surface area (Å²) in [6.07, 6.45) is 2.23. The van der Waals surface area contributed by atoms with Crippen LogP contribution in [0, 0.1) is 26.7 Å². The monoisotopic (exact) mass is 358 g/mol. The Morgan fingerprint density at radius 1 is 1.15 bits per heavy atom. The number of hydrogen-bond donors (Lipinski definition) is 1. The molecule has 5 nitrogen and oxygen atoms in total. The highest BCUT2D eigenvalue weighted by Crippen LogP contribution is 2.29. The second-order valence-corrected chi connectivity index (χ2v) is 8.70. The van der Waals surface area contributed by atoms with Gasteiger partial charge in [0.25, 0.3) is 0 Å². The number of nitrogens with zero attached hydrogens (tertiary/aromatic N) is 3. The van der Waals surface area contributed by atoms with Gasteiger partial charge in [0.05, 0.1) is 11.2 Å². The van der Waals surface area contributed by atoms with Crippen molar-refractivity contribution in [3.8, 4) is 0 Å². The number of pyridine rings is 1. The van der Waals surface area contributed by atoms with E-state index in [4.69, 9.17) is 10.1 Å². The largest absolute Gasteiger partial charge is 0.356 e. The summed E-state index contributed by atoms with van der Waals surface area (Å²) in [7, 11) is 0. The van der Waals surface area contributed by atoms with Crippen LogP contribution in [0.4, 0.5) is 0 Å². The minimum atomic E-state index is -0.115. The quantitative estimate of drug-likeness (QED) is 0.841. The molecule has 0 aliphatic rings. The van der Waals surface area contributed by atoms with Crippen molar-refractivity contribution in [2.75, 3.05) is 6.54 Å². The molecule has 0 unspecified atom stereocenters. The Kier molecular flexibility index (Phi) is 6.09. The highest BCUT2D eigenvalue weighted by molar-refractivity contribution is 5.84. The average Bonchev–Trinajstić information content (AvgIpc) is 2.83. The predicted octanol–water partition coefficient (Wildman–Crippen LogP) is 4.21. The maximum absolute atomic E-state index is 12.1. The van der Waals surface area contributed by atoms with Crippen LogP contribution in [0.1, 0.15) is 70.0 Å². The maximum Gasteiger partial charge on any atom is 0.220 e. The first-order chi connectivity index (χ1) is 12.0. The minimum absolute atomic E-state index is 0.115. The van der Waals surface area contributed by atoms with Gasteiger partial charge in [0.1, 0.15) is 0 Å². The molecule has 0 radical (unpaired) electrons. The van der Waals surface area contributed by atoms with Crippen LogP contribution in [0.3, 0.4) is 0 Å². The number of nitrogens with one attached hydrogen (secondary N) is 1. The average molecular weight is 359 g/mol. The number of carbonyl (C=O) groups is 1. The second-order valence-electron chi connectivity index (χ2n) is 8.70. The Balaban J connectivity index is 2.24. The van der Waals surface area contributed by atoms with E-state index in [0.29, 0.717) is 18.8 Å². The molecule has 0 aromatic carbocycles. The fraction of sp³-hybridized carbons (Fsp3) is 0.667. The molecule has 0 aliphatic heterocycles. The van der Waals surface area contributed by atoms with Crippen LogP contribution >= 0.6 is 0 Å². The summed E-state index contributed by atoms with van der Waals surface area (Å²) in [6, 6.07) is 0. The topological polar surface area (TPSA) is 59.8 Å². The summed E-state index contributed by atoms with van der Waals surface area (Å²) in [4.78, 5) is 17.0. The summed E-state index contributed by atoms with van der Waals surface area (Å²) < 4.78 is 2.01. The third-order valence-electron chi connectivity index (χ3n) is 4.86. The molecular weight excluding hydrogens is 324 g/mol. The molecule has 2 aromatic rings. The lowest BCUT2D eigenvalue weighted by atomic mass is 9.99. The number of fused-ring (bicyclic) bond motifs is 1. The zero-order chi connectivity index (χ0) is 19.6. The highest BCUT2D eigenvalue weighted by atomic mass is 16.1. The summed E-state index contributed by atoms with van der Waals surface area (Å²) in [5, 5.41) is 8.88. The van der Waals surface area contributed by atoms with Gasteiger partial charge < -0.3 is 5.32 Å². The van der Waals surface area contributed by atoms with E-state index in [1.807, 2.05) is 18.5 Å². The van der Waals surface area contributed by atoms with Gasteiger partial charge in [0.15, 0.2) is 5.65 Å². The summed E-state index contributed by atoms with van der Waals surface area (Å²) >= 11 is 0. The van der Waals surface area contributed by atoms with E-state index in [9.17, 15) is 4.79 Å². The van der Waals surface area contributed by atoms with E-state index in [1.165, 1.54) is 11.1 Å². The highest BCUT2D eigenvalue weighted by Gasteiger charge is 2.23. The van der Waals surface area contributed by atoms with Crippen LogP contribution < -0.4 is 5.32 Å². The Bertz CT molecular complexity index is 797. The summed E-state index contributed by atoms with van der Waals surface area (Å²) in [5.74, 6) is 0.723. The van der Waals surface area contributed by atoms with Gasteiger partial charge in [-0.05, 0) is 71.4 Å². The molecule has 2 rings (SSSR count). The zero-order valence-electron chi connectivity index (χ0n) is 17.7. The molecule has 0 saturated carbocycles. The molecule has 1 N–H and O–H groups in total. The SMILES string of the molecule is Cc1nc2c(c(C)nn2C(C)(C)C)c(C)c1CCC(=O)NCCC(C)C. The Morgan fingerprint density at radius 3 is 2.38 bits per heavy atom. The first-order valence-corrected chi connectivity index (χ1v) is 9.65. The predicted molar refractivity (Wildman–Crippen MR) is 108 cm³/mol. The van der Waals surface area contributed by atoms with Crippen molar-refractivity contribution in [2.24, 2.45) is 5.92 Å². The molecule has 1 amide bonds. The van der Waals surface area contributed by atoms with Crippen LogP contribution in [0.5, 0.6) is 0 Å². The molecule has 26 heavy (non-hydrogen) atoms. The van der Waals surface area contributed by atoms with Gasteiger partial charge in [0.2, 0.25) is 5.91 Å². The number of amides is 1. The van der Waals surface area contributed by atoms with E-state index < -0.39 is 0 Å². The molecule has 0 atom stereocenters. The Labute approximate surface area is 157 Å². The van der Waals surface area contributed by atoms with Gasteiger partial charge in [-0.15, -0.1) is 0 Å². The third kappa shape index (κ3) is 4.43. The van der Waals surface area contributed by atoms with Gasteiger partial charge in [0, 0.05) is 24.0 Å². The van der Waals surface area contributed by atoms with Crippen molar-refractivity contribution < 1.29 is 4.79 Å². The first-order valence-electron chi connectivity index (χ1n) is 9.65. The molecule has 0 spiro atoms. The summed E-state index contributed by atoms with van der Waals surface area (Å²) in [5.41, 5.74) is 5.20. The van der Waals surface area contributed by atoms with E-state index in [-0.39, 0.29) is 11.4 Å². The van der Waals surface area contributed by atoms with Gasteiger partial charge in [-0.2, -0.15) is 5.10 Å². The standard InChI is InChI=1S/C21H34N4O/c1-13(2)11-12-22-18(26)10-9-17-14(3)19-16(5)24-25(21(6,7)8)20(19)23-15(17)4/h13H,9-12H2,1-8H3,(H,22,26). The smallest absolute Gasteiger partial charge is 0.220 e. The molecule has 2 aromatic heterocycles. The van der Waals surface area contributed by atoms with Crippen molar-refractivity contribution in [2.45, 2.75) is 80.2 Å². The Hall–Kier alpha value is -1.91. The maximum atomic E-state index is 12.1. The number of aryl methyl sites for hydroxylation is 3. The van der Waals surface area contributed by atoms with E-state index in [1.54, 1.807) is 0 Å². The normalized spacial score (nSPS) is 12.2. The number of hydrogen-bond acceptors (Lipinski definition) is 3. The second kappa shape index (κ2) is 7.77. The lowest BCUT2D eigenvalue weighted by molar-refractivity contribution is -0.121. The van der Waals surface area contributed by atoms with Crippen LogP contribution in [0.15, 0.2) is 0 Å². The molecule has 0 bridgehead atoms. The van der Waals surface area contributed by atoms with E-state index >= 15 is 0 Å². The number of aromatic nitrogens is 3. The van der Waals surface area contributed by atoms with Crippen molar-refractivity contribution in [3.63, 3.8) is 0 Å². The van der Waals surface area contributed by atoms with Gasteiger partial charge in [-0.25, -0.2) is 9.67 Å². The van der Waals surface area contributed by atoms with Gasteiger partial charge in [-0.3, -0.25) is 4.79 Å². The third-order valence-corrected chi connectivity index (χ3v) is 4.86. The molecule has 0 fully saturated rings. The number of carbonyl (C=O) groups excluding carboxylic acids is 1. The Morgan fingerprint density at radius 2 is 1.81 bits per heavy atom. The fourth-order valence-corrected chi connectivity index (χ4v) is 3.37. The number of rotatable bonds is 6. The minimum Gasteiger partial charge on any atom is -0.356 e. The van der Waals surface area contributed by atoms with E-state index in [2.05, 4.69) is 46.9 Å². The molecule has 2 heterocycles. The molecular formula is C21H34N4O. The molecule has 5 heteroatoms.